The third kappa shape index (κ3) is 3.72. The molecule has 0 aromatic heterocycles. The van der Waals surface area contributed by atoms with Gasteiger partial charge in [0.1, 0.15) is 0 Å². The van der Waals surface area contributed by atoms with Gasteiger partial charge in [-0.3, -0.25) is 4.79 Å². The molecule has 0 aliphatic heterocycles. The number of alkyl halides is 6. The lowest BCUT2D eigenvalue weighted by Gasteiger charge is -2.14. The number of aryl methyl sites for hydroxylation is 1. The molecule has 0 saturated heterocycles. The molecule has 0 spiro atoms. The first-order valence-electron chi connectivity index (χ1n) is 6.40. The molecule has 23 heavy (non-hydrogen) atoms. The number of ketones is 1. The number of hydrogen-bond acceptors (Lipinski definition) is 1. The Morgan fingerprint density at radius 2 is 1.30 bits per heavy atom. The molecule has 0 saturated carbocycles. The Bertz CT molecular complexity index is 711. The molecule has 0 N–H and O–H groups in total. The fourth-order valence-electron chi connectivity index (χ4n) is 2.07. The number of carbonyl (C=O) groups excluding carboxylic acids is 1. The molecule has 0 unspecified atom stereocenters. The summed E-state index contributed by atoms with van der Waals surface area (Å²) in [6.07, 6.45) is -9.97. The topological polar surface area (TPSA) is 17.1 Å². The zero-order chi connectivity index (χ0) is 17.4. The van der Waals surface area contributed by atoms with Crippen molar-refractivity contribution in [1.29, 1.82) is 0 Å². The highest BCUT2D eigenvalue weighted by atomic mass is 19.4. The van der Waals surface area contributed by atoms with Gasteiger partial charge in [0.15, 0.2) is 5.78 Å². The average molecular weight is 332 g/mol. The number of rotatable bonds is 2. The number of hydrogen-bond donors (Lipinski definition) is 0. The van der Waals surface area contributed by atoms with Crippen molar-refractivity contribution in [3.05, 3.63) is 70.3 Å². The maximum absolute atomic E-state index is 12.8. The molecule has 122 valence electrons. The van der Waals surface area contributed by atoms with Gasteiger partial charge in [0.05, 0.1) is 11.1 Å². The van der Waals surface area contributed by atoms with Crippen LogP contribution in [0.3, 0.4) is 0 Å². The van der Waals surface area contributed by atoms with Crippen LogP contribution in [0.25, 0.3) is 0 Å². The van der Waals surface area contributed by atoms with Crippen LogP contribution >= 0.6 is 0 Å². The molecule has 0 atom stereocenters. The van der Waals surface area contributed by atoms with E-state index in [2.05, 4.69) is 0 Å². The molecule has 1 nitrogen and oxygen atoms in total. The summed E-state index contributed by atoms with van der Waals surface area (Å²) >= 11 is 0. The number of benzene rings is 2. The lowest BCUT2D eigenvalue weighted by Crippen LogP contribution is -2.14. The van der Waals surface area contributed by atoms with Crippen LogP contribution in [0.2, 0.25) is 0 Å². The molecule has 0 aliphatic rings. The Hall–Kier alpha value is -2.31. The molecule has 0 fully saturated rings. The Morgan fingerprint density at radius 3 is 1.74 bits per heavy atom. The largest absolute Gasteiger partial charge is 0.416 e. The van der Waals surface area contributed by atoms with Gasteiger partial charge >= 0.3 is 12.4 Å². The predicted molar refractivity (Wildman–Crippen MR) is 71.1 cm³/mol. The Balaban J connectivity index is 2.63. The fourth-order valence-corrected chi connectivity index (χ4v) is 2.07. The first-order valence-corrected chi connectivity index (χ1v) is 6.40. The van der Waals surface area contributed by atoms with E-state index in [9.17, 15) is 31.1 Å². The van der Waals surface area contributed by atoms with Crippen LogP contribution < -0.4 is 0 Å². The van der Waals surface area contributed by atoms with Gasteiger partial charge in [-0.1, -0.05) is 24.3 Å². The lowest BCUT2D eigenvalue weighted by molar-refractivity contribution is -0.143. The van der Waals surface area contributed by atoms with Gasteiger partial charge in [-0.2, -0.15) is 26.3 Å². The van der Waals surface area contributed by atoms with E-state index < -0.39 is 34.8 Å². The molecular formula is C16H10F6O. The van der Waals surface area contributed by atoms with E-state index in [-0.39, 0.29) is 11.6 Å². The van der Waals surface area contributed by atoms with Gasteiger partial charge in [-0.25, -0.2) is 0 Å². The zero-order valence-electron chi connectivity index (χ0n) is 11.7. The minimum absolute atomic E-state index is 0.00533. The highest BCUT2D eigenvalue weighted by molar-refractivity contribution is 6.10. The monoisotopic (exact) mass is 332 g/mol. The van der Waals surface area contributed by atoms with E-state index >= 15 is 0 Å². The first-order chi connectivity index (χ1) is 10.5. The minimum atomic E-state index is -4.98. The summed E-state index contributed by atoms with van der Waals surface area (Å²) in [4.78, 5) is 12.3. The highest BCUT2D eigenvalue weighted by Gasteiger charge is 2.37. The normalized spacial score (nSPS) is 12.3. The molecule has 2 rings (SSSR count). The van der Waals surface area contributed by atoms with Crippen LogP contribution in [-0.4, -0.2) is 5.78 Å². The predicted octanol–water partition coefficient (Wildman–Crippen LogP) is 5.26. The second-order valence-corrected chi connectivity index (χ2v) is 4.94. The van der Waals surface area contributed by atoms with Crippen molar-refractivity contribution >= 4 is 5.78 Å². The summed E-state index contributed by atoms with van der Waals surface area (Å²) in [6, 6.07) is 6.86. The summed E-state index contributed by atoms with van der Waals surface area (Å²) in [5.74, 6) is -0.889. The third-order valence-electron chi connectivity index (χ3n) is 3.24. The van der Waals surface area contributed by atoms with E-state index in [4.69, 9.17) is 0 Å². The fraction of sp³-hybridized carbons (Fsp3) is 0.188. The van der Waals surface area contributed by atoms with Crippen LogP contribution in [0.1, 0.15) is 32.6 Å². The number of carbonyl (C=O) groups is 1. The molecule has 0 heterocycles. The second-order valence-electron chi connectivity index (χ2n) is 4.94. The Morgan fingerprint density at radius 1 is 0.826 bits per heavy atom. The summed E-state index contributed by atoms with van der Waals surface area (Å²) in [5, 5.41) is 0. The van der Waals surface area contributed by atoms with Gasteiger partial charge in [-0.15, -0.1) is 0 Å². The van der Waals surface area contributed by atoms with E-state index in [1.54, 1.807) is 19.1 Å². The molecule has 7 heteroatoms. The van der Waals surface area contributed by atoms with Gasteiger partial charge in [0, 0.05) is 11.1 Å². The van der Waals surface area contributed by atoms with Crippen molar-refractivity contribution in [2.24, 2.45) is 0 Å². The number of halogens is 6. The SMILES string of the molecule is Cc1ccccc1C(=O)c1cc(C(F)(F)F)cc(C(F)(F)F)c1. The maximum atomic E-state index is 12.8. The van der Waals surface area contributed by atoms with E-state index in [1.165, 1.54) is 12.1 Å². The van der Waals surface area contributed by atoms with Crippen LogP contribution in [0.15, 0.2) is 42.5 Å². The van der Waals surface area contributed by atoms with Crippen molar-refractivity contribution < 1.29 is 31.1 Å². The van der Waals surface area contributed by atoms with Crippen molar-refractivity contribution in [2.45, 2.75) is 19.3 Å². The molecular weight excluding hydrogens is 322 g/mol. The molecule has 0 bridgehead atoms. The van der Waals surface area contributed by atoms with Crippen molar-refractivity contribution in [1.82, 2.24) is 0 Å². The smallest absolute Gasteiger partial charge is 0.289 e. The van der Waals surface area contributed by atoms with Crippen LogP contribution in [0.5, 0.6) is 0 Å². The highest BCUT2D eigenvalue weighted by Crippen LogP contribution is 2.36. The van der Waals surface area contributed by atoms with E-state index in [0.717, 1.165) is 0 Å². The Kier molecular flexibility index (Phi) is 4.24. The summed E-state index contributed by atoms with van der Waals surface area (Å²) in [5.41, 5.74) is -3.15. The van der Waals surface area contributed by atoms with Gasteiger partial charge in [-0.05, 0) is 30.7 Å². The average Bonchev–Trinajstić information content (AvgIpc) is 2.45. The van der Waals surface area contributed by atoms with Gasteiger partial charge in [0.25, 0.3) is 0 Å². The molecule has 0 amide bonds. The second kappa shape index (κ2) is 5.72. The first kappa shape index (κ1) is 17.1. The standard InChI is InChI=1S/C16H10F6O/c1-9-4-2-3-5-13(9)14(23)10-6-11(15(17,18)19)8-12(7-10)16(20,21)22/h2-8H,1H3. The van der Waals surface area contributed by atoms with Crippen molar-refractivity contribution in [3.63, 3.8) is 0 Å². The van der Waals surface area contributed by atoms with Gasteiger partial charge in [0.2, 0.25) is 0 Å². The van der Waals surface area contributed by atoms with E-state index in [0.29, 0.717) is 17.7 Å². The Labute approximate surface area is 127 Å². The quantitative estimate of drug-likeness (QED) is 0.541. The van der Waals surface area contributed by atoms with Crippen molar-refractivity contribution in [2.75, 3.05) is 0 Å². The van der Waals surface area contributed by atoms with Crippen LogP contribution in [0.4, 0.5) is 26.3 Å². The van der Waals surface area contributed by atoms with Gasteiger partial charge < -0.3 is 0 Å². The summed E-state index contributed by atoms with van der Waals surface area (Å²) in [7, 11) is 0. The molecule has 2 aromatic carbocycles. The molecule has 0 radical (unpaired) electrons. The zero-order valence-corrected chi connectivity index (χ0v) is 11.7. The molecule has 0 aliphatic carbocycles. The minimum Gasteiger partial charge on any atom is -0.289 e. The maximum Gasteiger partial charge on any atom is 0.416 e. The van der Waals surface area contributed by atoms with E-state index in [1.807, 2.05) is 0 Å². The lowest BCUT2D eigenvalue weighted by atomic mass is 9.96. The summed E-state index contributed by atoms with van der Waals surface area (Å²) in [6.45, 7) is 1.55. The van der Waals surface area contributed by atoms with Crippen LogP contribution in [0, 0.1) is 6.92 Å². The van der Waals surface area contributed by atoms with Crippen molar-refractivity contribution in [3.8, 4) is 0 Å². The third-order valence-corrected chi connectivity index (χ3v) is 3.24. The van der Waals surface area contributed by atoms with Crippen LogP contribution in [-0.2, 0) is 12.4 Å². The summed E-state index contributed by atoms with van der Waals surface area (Å²) < 4.78 is 76.8. The molecule has 2 aromatic rings.